The second-order valence-corrected chi connectivity index (χ2v) is 19.9. The van der Waals surface area contributed by atoms with E-state index in [2.05, 4.69) is 243 Å². The summed E-state index contributed by atoms with van der Waals surface area (Å²) in [7, 11) is 0. The minimum absolute atomic E-state index is 0.187. The number of para-hydroxylation sites is 1. The predicted octanol–water partition coefficient (Wildman–Crippen LogP) is 17.3. The molecule has 2 aliphatic rings. The molecule has 324 valence electrons. The summed E-state index contributed by atoms with van der Waals surface area (Å²) >= 11 is 1.83. The first-order valence-corrected chi connectivity index (χ1v) is 24.5. The van der Waals surface area contributed by atoms with Crippen LogP contribution in [0.5, 0.6) is 0 Å². The molecule has 10 aromatic carbocycles. The molecule has 3 nitrogen and oxygen atoms in total. The van der Waals surface area contributed by atoms with Gasteiger partial charge in [0.15, 0.2) is 5.84 Å². The summed E-state index contributed by atoms with van der Waals surface area (Å²) in [5, 5.41) is 9.87. The molecule has 69 heavy (non-hydrogen) atoms. The summed E-state index contributed by atoms with van der Waals surface area (Å²) in [6.45, 7) is 4.79. The first kappa shape index (κ1) is 39.7. The Kier molecular flexibility index (Phi) is 8.80. The van der Waals surface area contributed by atoms with Crippen LogP contribution in [0, 0.1) is 0 Å². The van der Waals surface area contributed by atoms with Crippen LogP contribution in [0.25, 0.3) is 97.2 Å². The van der Waals surface area contributed by atoms with Gasteiger partial charge in [0.1, 0.15) is 0 Å². The Balaban J connectivity index is 0.956. The van der Waals surface area contributed by atoms with Gasteiger partial charge in [0.2, 0.25) is 0 Å². The smallest absolute Gasteiger partial charge is 0.160 e. The average Bonchev–Trinajstić information content (AvgIpc) is 4.01. The molecule has 0 N–H and O–H groups in total. The number of nitrogens with zero attached hydrogens (tertiary/aromatic N) is 3. The van der Waals surface area contributed by atoms with E-state index < -0.39 is 0 Å². The van der Waals surface area contributed by atoms with Crippen molar-refractivity contribution in [2.24, 2.45) is 9.98 Å². The number of amidine groups is 1. The fraction of sp³-hybridized carbons (Fsp3) is 0.0462. The summed E-state index contributed by atoms with van der Waals surface area (Å²) in [6, 6.07) is 75.1. The number of hydrogen-bond donors (Lipinski definition) is 0. The highest BCUT2D eigenvalue weighted by atomic mass is 32.1. The SMILES string of the molecule is CC1(C)c2cc3c(cc2-c2ccc4ccccc4c21)c1ccccc1n3-c1cccc2c(/C3=C\C=C\C(c4cccc5sc6ccccc6c45)=NC(c4cccc(-c5ccccc5)c4)=N3)cccc12. The van der Waals surface area contributed by atoms with E-state index in [4.69, 9.17) is 9.98 Å². The molecule has 0 amide bonds. The van der Waals surface area contributed by atoms with E-state index in [9.17, 15) is 0 Å². The molecule has 14 rings (SSSR count). The second-order valence-electron chi connectivity index (χ2n) is 18.8. The van der Waals surface area contributed by atoms with Gasteiger partial charge in [-0.05, 0) is 104 Å². The maximum Gasteiger partial charge on any atom is 0.160 e. The number of allylic oxidation sites excluding steroid dienone is 3. The van der Waals surface area contributed by atoms with Gasteiger partial charge in [0, 0.05) is 58.4 Å². The monoisotopic (exact) mass is 897 g/mol. The molecular weight excluding hydrogens is 855 g/mol. The van der Waals surface area contributed by atoms with Crippen molar-refractivity contribution in [1.82, 2.24) is 4.57 Å². The number of fused-ring (bicyclic) bond motifs is 12. The van der Waals surface area contributed by atoms with E-state index in [0.29, 0.717) is 5.84 Å². The lowest BCUT2D eigenvalue weighted by atomic mass is 9.80. The van der Waals surface area contributed by atoms with Gasteiger partial charge in [0.05, 0.1) is 28.1 Å². The zero-order valence-electron chi connectivity index (χ0n) is 38.1. The van der Waals surface area contributed by atoms with Crippen LogP contribution in [0.4, 0.5) is 0 Å². The Hall–Kier alpha value is -8.44. The van der Waals surface area contributed by atoms with E-state index in [1.165, 1.54) is 75.0 Å². The zero-order chi connectivity index (χ0) is 45.8. The maximum absolute atomic E-state index is 5.59. The molecule has 2 aromatic heterocycles. The van der Waals surface area contributed by atoms with Crippen molar-refractivity contribution in [3.63, 3.8) is 0 Å². The zero-order valence-corrected chi connectivity index (χ0v) is 38.9. The molecule has 0 saturated carbocycles. The Morgan fingerprint density at radius 3 is 2.06 bits per heavy atom. The lowest BCUT2D eigenvalue weighted by Gasteiger charge is -2.23. The van der Waals surface area contributed by atoms with Crippen molar-refractivity contribution in [2.45, 2.75) is 19.3 Å². The normalized spacial score (nSPS) is 15.5. The molecule has 0 atom stereocenters. The topological polar surface area (TPSA) is 29.6 Å². The number of thiophene rings is 1. The number of benzene rings is 10. The van der Waals surface area contributed by atoms with Crippen molar-refractivity contribution in [3.8, 4) is 27.9 Å². The second kappa shape index (κ2) is 15.3. The minimum atomic E-state index is -0.187. The Bertz CT molecular complexity index is 4270. The van der Waals surface area contributed by atoms with E-state index in [0.717, 1.165) is 55.7 Å². The maximum atomic E-state index is 5.59. The largest absolute Gasteiger partial charge is 0.309 e. The van der Waals surface area contributed by atoms with Gasteiger partial charge in [-0.1, -0.05) is 184 Å². The third kappa shape index (κ3) is 6.12. The molecule has 3 heterocycles. The van der Waals surface area contributed by atoms with Crippen molar-refractivity contribution < 1.29 is 0 Å². The van der Waals surface area contributed by atoms with Crippen LogP contribution in [-0.4, -0.2) is 16.1 Å². The van der Waals surface area contributed by atoms with Gasteiger partial charge in [-0.3, -0.25) is 0 Å². The molecule has 0 fully saturated rings. The highest BCUT2D eigenvalue weighted by molar-refractivity contribution is 7.25. The lowest BCUT2D eigenvalue weighted by Crippen LogP contribution is -2.15. The van der Waals surface area contributed by atoms with Crippen molar-refractivity contribution >= 4 is 92.1 Å². The number of aromatic nitrogens is 1. The van der Waals surface area contributed by atoms with E-state index >= 15 is 0 Å². The molecule has 0 bridgehead atoms. The number of aliphatic imine (C=N–C) groups is 2. The molecule has 0 saturated heterocycles. The van der Waals surface area contributed by atoms with E-state index in [-0.39, 0.29) is 5.41 Å². The van der Waals surface area contributed by atoms with Crippen LogP contribution in [0.2, 0.25) is 0 Å². The van der Waals surface area contributed by atoms with Crippen LogP contribution in [-0.2, 0) is 5.41 Å². The molecule has 12 aromatic rings. The minimum Gasteiger partial charge on any atom is -0.309 e. The third-order valence-electron chi connectivity index (χ3n) is 14.6. The van der Waals surface area contributed by atoms with Gasteiger partial charge in [-0.15, -0.1) is 11.3 Å². The fourth-order valence-corrected chi connectivity index (χ4v) is 12.6. The lowest BCUT2D eigenvalue weighted by molar-refractivity contribution is 0.667. The van der Waals surface area contributed by atoms with Crippen molar-refractivity contribution in [2.75, 3.05) is 0 Å². The molecule has 4 heteroatoms. The quantitative estimate of drug-likeness (QED) is 0.165. The van der Waals surface area contributed by atoms with E-state index in [1.807, 2.05) is 11.3 Å². The Morgan fingerprint density at radius 1 is 0.449 bits per heavy atom. The Morgan fingerprint density at radius 2 is 1.14 bits per heavy atom. The fourth-order valence-electron chi connectivity index (χ4n) is 11.5. The molecule has 0 unspecified atom stereocenters. The van der Waals surface area contributed by atoms with Crippen LogP contribution in [0.3, 0.4) is 0 Å². The standard InChI is InChI=1S/C65H43N3S/c1-65(2)54-39-59-53(38-52(54)49-36-35-41-19-6-7-22-44(41)63(49)65)48-23-8-10-31-57(48)68(59)58-32-14-25-45-46(26-13-27-47(45)58)55-29-16-30-56(50-28-15-34-61-62(50)51-24-9-11-33-60(51)69-61)67-64(66-55)43-21-12-20-42(37-43)40-17-4-3-5-18-40/h3-39H,1-2H3/b29-16?,30-16+,55-29+,56-30?,66-55?,66-64?,67-56?,67-64?. The van der Waals surface area contributed by atoms with Gasteiger partial charge >= 0.3 is 0 Å². The third-order valence-corrected chi connectivity index (χ3v) is 15.7. The van der Waals surface area contributed by atoms with Crippen molar-refractivity contribution in [3.05, 3.63) is 252 Å². The summed E-state index contributed by atoms with van der Waals surface area (Å²) < 4.78 is 5.01. The first-order valence-electron chi connectivity index (χ1n) is 23.7. The highest BCUT2D eigenvalue weighted by Crippen LogP contribution is 2.53. The molecule has 0 spiro atoms. The van der Waals surface area contributed by atoms with Crippen LogP contribution >= 0.6 is 11.3 Å². The van der Waals surface area contributed by atoms with Gasteiger partial charge in [-0.2, -0.15) is 0 Å². The van der Waals surface area contributed by atoms with E-state index in [1.54, 1.807) is 0 Å². The predicted molar refractivity (Wildman–Crippen MR) is 295 cm³/mol. The van der Waals surface area contributed by atoms with Gasteiger partial charge in [0.25, 0.3) is 0 Å². The van der Waals surface area contributed by atoms with Crippen LogP contribution in [0.1, 0.15) is 41.7 Å². The molecule has 0 radical (unpaired) electrons. The molecular formula is C65H43N3S. The van der Waals surface area contributed by atoms with Gasteiger partial charge < -0.3 is 4.57 Å². The summed E-state index contributed by atoms with van der Waals surface area (Å²) in [6.07, 6.45) is 6.45. The van der Waals surface area contributed by atoms with Crippen LogP contribution in [0.15, 0.2) is 234 Å². The molecule has 1 aliphatic heterocycles. The first-order chi connectivity index (χ1) is 34.0. The average molecular weight is 898 g/mol. The number of hydrogen-bond acceptors (Lipinski definition) is 3. The summed E-state index contributed by atoms with van der Waals surface area (Å²) in [4.78, 5) is 11.1. The summed E-state index contributed by atoms with van der Waals surface area (Å²) in [5.41, 5.74) is 15.9. The summed E-state index contributed by atoms with van der Waals surface area (Å²) in [5.74, 6) is 0.663. The van der Waals surface area contributed by atoms with Crippen molar-refractivity contribution in [1.29, 1.82) is 0 Å². The molecule has 1 aliphatic carbocycles. The Labute approximate surface area is 404 Å². The highest BCUT2D eigenvalue weighted by Gasteiger charge is 2.38. The van der Waals surface area contributed by atoms with Gasteiger partial charge in [-0.25, -0.2) is 9.98 Å². The van der Waals surface area contributed by atoms with Crippen LogP contribution < -0.4 is 0 Å². The number of rotatable bonds is 5.